The molecule has 5 heteroatoms. The maximum atomic E-state index is 12.6. The number of carbonyl (C=O) groups excluding carboxylic acids is 2. The Morgan fingerprint density at radius 2 is 2.10 bits per heavy atom. The number of hydrogen-bond donors (Lipinski definition) is 1. The van der Waals surface area contributed by atoms with Crippen LogP contribution in [0.25, 0.3) is 0 Å². The van der Waals surface area contributed by atoms with Crippen molar-refractivity contribution < 1.29 is 14.3 Å². The number of piperazine rings is 1. The average molecular weight is 282 g/mol. The molecular formula is C15H26N2O3. The second kappa shape index (κ2) is 5.72. The van der Waals surface area contributed by atoms with Crippen molar-refractivity contribution in [2.75, 3.05) is 13.2 Å². The van der Waals surface area contributed by atoms with Gasteiger partial charge in [0.05, 0.1) is 6.10 Å². The van der Waals surface area contributed by atoms with Gasteiger partial charge in [-0.1, -0.05) is 13.8 Å². The average Bonchev–Trinajstić information content (AvgIpc) is 2.83. The van der Waals surface area contributed by atoms with Gasteiger partial charge in [0.1, 0.15) is 11.6 Å². The van der Waals surface area contributed by atoms with E-state index in [1.54, 1.807) is 18.7 Å². The van der Waals surface area contributed by atoms with Crippen LogP contribution in [0, 0.1) is 5.92 Å². The Kier molecular flexibility index (Phi) is 4.37. The minimum absolute atomic E-state index is 0.00162. The first-order valence-electron chi connectivity index (χ1n) is 7.56. The number of nitrogens with one attached hydrogen (secondary N) is 1. The molecule has 0 aromatic heterocycles. The zero-order chi connectivity index (χ0) is 14.9. The van der Waals surface area contributed by atoms with Gasteiger partial charge in [-0.2, -0.15) is 0 Å². The summed E-state index contributed by atoms with van der Waals surface area (Å²) in [6, 6.07) is -0.361. The quantitative estimate of drug-likeness (QED) is 0.846. The van der Waals surface area contributed by atoms with Crippen molar-refractivity contribution in [1.29, 1.82) is 0 Å². The number of ether oxygens (including phenoxy) is 1. The highest BCUT2D eigenvalue weighted by Crippen LogP contribution is 2.25. The van der Waals surface area contributed by atoms with Gasteiger partial charge in [0.2, 0.25) is 11.8 Å². The van der Waals surface area contributed by atoms with Gasteiger partial charge in [0.15, 0.2) is 0 Å². The molecule has 2 atom stereocenters. The first-order valence-corrected chi connectivity index (χ1v) is 7.56. The summed E-state index contributed by atoms with van der Waals surface area (Å²) in [6.45, 7) is 8.97. The number of rotatable bonds is 4. The topological polar surface area (TPSA) is 58.6 Å². The number of carbonyl (C=O) groups is 2. The fourth-order valence-corrected chi connectivity index (χ4v) is 2.99. The van der Waals surface area contributed by atoms with E-state index >= 15 is 0 Å². The van der Waals surface area contributed by atoms with Crippen LogP contribution in [0.2, 0.25) is 0 Å². The van der Waals surface area contributed by atoms with Gasteiger partial charge in [-0.15, -0.1) is 0 Å². The van der Waals surface area contributed by atoms with E-state index in [0.29, 0.717) is 18.9 Å². The summed E-state index contributed by atoms with van der Waals surface area (Å²) in [5.41, 5.74) is -0.816. The molecule has 0 spiro atoms. The lowest BCUT2D eigenvalue weighted by atomic mass is 9.92. The van der Waals surface area contributed by atoms with E-state index in [4.69, 9.17) is 4.74 Å². The Bertz CT molecular complexity index is 387. The molecule has 5 nitrogen and oxygen atoms in total. The number of amides is 2. The van der Waals surface area contributed by atoms with Crippen molar-refractivity contribution in [3.63, 3.8) is 0 Å². The lowest BCUT2D eigenvalue weighted by molar-refractivity contribution is -0.155. The van der Waals surface area contributed by atoms with Gasteiger partial charge >= 0.3 is 0 Å². The molecule has 2 aliphatic heterocycles. The zero-order valence-corrected chi connectivity index (χ0v) is 12.9. The molecule has 0 aliphatic carbocycles. The molecule has 2 rings (SSSR count). The third-order valence-corrected chi connectivity index (χ3v) is 4.03. The molecule has 0 aromatic rings. The summed E-state index contributed by atoms with van der Waals surface area (Å²) >= 11 is 0. The van der Waals surface area contributed by atoms with Crippen LogP contribution in [0.4, 0.5) is 0 Å². The van der Waals surface area contributed by atoms with Crippen LogP contribution >= 0.6 is 0 Å². The SMILES string of the molecule is CC(C)CC1C(=O)NC(C)(C)C(=O)N1CC1CCCO1. The Labute approximate surface area is 121 Å². The van der Waals surface area contributed by atoms with Crippen LogP contribution < -0.4 is 5.32 Å². The van der Waals surface area contributed by atoms with Gasteiger partial charge in [-0.05, 0) is 39.0 Å². The largest absolute Gasteiger partial charge is 0.376 e. The summed E-state index contributed by atoms with van der Waals surface area (Å²) in [5, 5.41) is 2.84. The normalized spacial score (nSPS) is 29.9. The Morgan fingerprint density at radius 3 is 2.65 bits per heavy atom. The van der Waals surface area contributed by atoms with Crippen molar-refractivity contribution in [2.24, 2.45) is 5.92 Å². The first-order chi connectivity index (χ1) is 9.31. The Hall–Kier alpha value is -1.10. The predicted octanol–water partition coefficient (Wildman–Crippen LogP) is 1.32. The molecule has 0 aromatic carbocycles. The third kappa shape index (κ3) is 3.14. The third-order valence-electron chi connectivity index (χ3n) is 4.03. The molecule has 2 heterocycles. The lowest BCUT2D eigenvalue weighted by Crippen LogP contribution is -2.69. The Morgan fingerprint density at radius 1 is 1.40 bits per heavy atom. The van der Waals surface area contributed by atoms with E-state index in [9.17, 15) is 9.59 Å². The van der Waals surface area contributed by atoms with Crippen molar-refractivity contribution >= 4 is 11.8 Å². The highest BCUT2D eigenvalue weighted by Gasteiger charge is 2.46. The van der Waals surface area contributed by atoms with Crippen molar-refractivity contribution in [3.05, 3.63) is 0 Å². The molecule has 114 valence electrons. The maximum absolute atomic E-state index is 12.6. The van der Waals surface area contributed by atoms with E-state index < -0.39 is 5.54 Å². The lowest BCUT2D eigenvalue weighted by Gasteiger charge is -2.44. The first kappa shape index (κ1) is 15.3. The van der Waals surface area contributed by atoms with E-state index in [-0.39, 0.29) is 24.0 Å². The molecule has 2 aliphatic rings. The molecular weight excluding hydrogens is 256 g/mol. The van der Waals surface area contributed by atoms with Crippen LogP contribution in [0.3, 0.4) is 0 Å². The fourth-order valence-electron chi connectivity index (χ4n) is 2.99. The number of nitrogens with zero attached hydrogens (tertiary/aromatic N) is 1. The predicted molar refractivity (Wildman–Crippen MR) is 76.2 cm³/mol. The summed E-state index contributed by atoms with van der Waals surface area (Å²) in [6.07, 6.45) is 2.79. The summed E-state index contributed by atoms with van der Waals surface area (Å²) in [4.78, 5) is 26.7. The van der Waals surface area contributed by atoms with Crippen LogP contribution in [0.5, 0.6) is 0 Å². The van der Waals surface area contributed by atoms with Gasteiger partial charge in [0, 0.05) is 13.2 Å². The van der Waals surface area contributed by atoms with Crippen LogP contribution in [-0.2, 0) is 14.3 Å². The number of hydrogen-bond acceptors (Lipinski definition) is 3. The highest BCUT2D eigenvalue weighted by atomic mass is 16.5. The molecule has 0 bridgehead atoms. The molecule has 2 amide bonds. The molecule has 2 saturated heterocycles. The van der Waals surface area contributed by atoms with Crippen molar-refractivity contribution in [3.8, 4) is 0 Å². The molecule has 20 heavy (non-hydrogen) atoms. The highest BCUT2D eigenvalue weighted by molar-refractivity contribution is 5.99. The van der Waals surface area contributed by atoms with Crippen LogP contribution in [0.15, 0.2) is 0 Å². The Balaban J connectivity index is 2.17. The second-order valence-electron chi connectivity index (χ2n) is 6.85. The van der Waals surface area contributed by atoms with E-state index in [1.807, 2.05) is 0 Å². The molecule has 1 N–H and O–H groups in total. The summed E-state index contributed by atoms with van der Waals surface area (Å²) in [7, 11) is 0. The maximum Gasteiger partial charge on any atom is 0.248 e. The van der Waals surface area contributed by atoms with Crippen molar-refractivity contribution in [1.82, 2.24) is 10.2 Å². The van der Waals surface area contributed by atoms with E-state index in [2.05, 4.69) is 19.2 Å². The minimum Gasteiger partial charge on any atom is -0.376 e. The van der Waals surface area contributed by atoms with E-state index in [0.717, 1.165) is 19.4 Å². The zero-order valence-electron chi connectivity index (χ0n) is 12.9. The van der Waals surface area contributed by atoms with Gasteiger partial charge in [-0.25, -0.2) is 0 Å². The standard InChI is InChI=1S/C15H26N2O3/c1-10(2)8-12-13(18)16-15(3,4)14(19)17(12)9-11-6-5-7-20-11/h10-12H,5-9H2,1-4H3,(H,16,18). The van der Waals surface area contributed by atoms with Crippen LogP contribution in [0.1, 0.15) is 47.0 Å². The van der Waals surface area contributed by atoms with Gasteiger partial charge in [-0.3, -0.25) is 9.59 Å². The molecule has 2 unspecified atom stereocenters. The fraction of sp³-hybridized carbons (Fsp3) is 0.867. The molecule has 0 radical (unpaired) electrons. The van der Waals surface area contributed by atoms with E-state index in [1.165, 1.54) is 0 Å². The summed E-state index contributed by atoms with van der Waals surface area (Å²) < 4.78 is 5.64. The second-order valence-corrected chi connectivity index (χ2v) is 6.85. The molecule has 2 fully saturated rings. The van der Waals surface area contributed by atoms with Crippen molar-refractivity contribution in [2.45, 2.75) is 64.6 Å². The monoisotopic (exact) mass is 282 g/mol. The van der Waals surface area contributed by atoms with Gasteiger partial charge < -0.3 is 15.0 Å². The smallest absolute Gasteiger partial charge is 0.248 e. The molecule has 0 saturated carbocycles. The minimum atomic E-state index is -0.816. The van der Waals surface area contributed by atoms with Crippen LogP contribution in [-0.4, -0.2) is 47.6 Å². The summed E-state index contributed by atoms with van der Waals surface area (Å²) in [5.74, 6) is 0.325. The van der Waals surface area contributed by atoms with Gasteiger partial charge in [0.25, 0.3) is 0 Å².